The van der Waals surface area contributed by atoms with Crippen molar-refractivity contribution in [3.8, 4) is 33.4 Å². The van der Waals surface area contributed by atoms with Gasteiger partial charge in [-0.1, -0.05) is 146 Å². The highest BCUT2D eigenvalue weighted by Crippen LogP contribution is 2.41. The highest BCUT2D eigenvalue weighted by Gasteiger charge is 2.17. The zero-order valence-corrected chi connectivity index (χ0v) is 28.4. The van der Waals surface area contributed by atoms with Crippen molar-refractivity contribution in [2.75, 3.05) is 4.90 Å². The molecule has 0 aliphatic carbocycles. The molecule has 1 aromatic heterocycles. The molecule has 52 heavy (non-hydrogen) atoms. The van der Waals surface area contributed by atoms with Gasteiger partial charge in [-0.25, -0.2) is 0 Å². The molecular formula is C50H33NO. The quantitative estimate of drug-likeness (QED) is 0.176. The fourth-order valence-electron chi connectivity index (χ4n) is 7.64. The largest absolute Gasteiger partial charge is 0.455 e. The molecule has 1 heterocycles. The normalized spacial score (nSPS) is 11.5. The van der Waals surface area contributed by atoms with Gasteiger partial charge in [0.1, 0.15) is 11.2 Å². The summed E-state index contributed by atoms with van der Waals surface area (Å²) >= 11 is 0. The van der Waals surface area contributed by atoms with Crippen molar-refractivity contribution in [1.29, 1.82) is 0 Å². The maximum absolute atomic E-state index is 6.48. The maximum atomic E-state index is 6.48. The van der Waals surface area contributed by atoms with Gasteiger partial charge in [0.25, 0.3) is 0 Å². The van der Waals surface area contributed by atoms with Gasteiger partial charge < -0.3 is 9.32 Å². The number of furan rings is 1. The Morgan fingerprint density at radius 3 is 1.60 bits per heavy atom. The predicted octanol–water partition coefficient (Wildman–Crippen LogP) is 14.4. The molecule has 0 radical (unpaired) electrons. The molecule has 0 saturated heterocycles. The van der Waals surface area contributed by atoms with E-state index in [1.165, 1.54) is 44.0 Å². The minimum Gasteiger partial charge on any atom is -0.455 e. The summed E-state index contributed by atoms with van der Waals surface area (Å²) in [5.41, 5.74) is 12.3. The first-order chi connectivity index (χ1) is 25.8. The van der Waals surface area contributed by atoms with Crippen LogP contribution in [0.3, 0.4) is 0 Å². The SMILES string of the molecule is c1ccc(N(c2ccc(-c3ccc(-c4ccc5ccccc5c4)cc3)cc2)c2ccc(-c3cccc4oc5c6ccccc6ccc5c34)cc2)cc1. The number of rotatable bonds is 6. The van der Waals surface area contributed by atoms with E-state index in [4.69, 9.17) is 4.42 Å². The van der Waals surface area contributed by atoms with Crippen LogP contribution in [0, 0.1) is 0 Å². The second-order valence-corrected chi connectivity index (χ2v) is 13.3. The summed E-state index contributed by atoms with van der Waals surface area (Å²) in [5, 5.41) is 7.14. The summed E-state index contributed by atoms with van der Waals surface area (Å²) in [4.78, 5) is 2.32. The molecule has 10 aromatic rings. The number of nitrogens with zero attached hydrogens (tertiary/aromatic N) is 1. The van der Waals surface area contributed by atoms with Crippen molar-refractivity contribution in [1.82, 2.24) is 0 Å². The molecule has 0 aliphatic rings. The van der Waals surface area contributed by atoms with Gasteiger partial charge in [0.2, 0.25) is 0 Å². The molecule has 2 heteroatoms. The Morgan fingerprint density at radius 1 is 0.327 bits per heavy atom. The van der Waals surface area contributed by atoms with E-state index < -0.39 is 0 Å². The van der Waals surface area contributed by atoms with Gasteiger partial charge >= 0.3 is 0 Å². The smallest absolute Gasteiger partial charge is 0.143 e. The standard InChI is InChI=1S/C50H33NO/c1-2-12-42(13-3-1)51(43-28-23-36(24-29-43)35-17-19-37(20-18-35)41-22-21-34-9-4-5-11-40(34)33-41)44-30-25-39(26-31-44)45-15-8-16-48-49(45)47-32-27-38-10-6-7-14-46(38)50(47)52-48/h1-33H. The number of fused-ring (bicyclic) bond motifs is 6. The van der Waals surface area contributed by atoms with Gasteiger partial charge in [-0.05, 0) is 104 Å². The first-order valence-electron chi connectivity index (χ1n) is 17.8. The Morgan fingerprint density at radius 2 is 0.865 bits per heavy atom. The van der Waals surface area contributed by atoms with Gasteiger partial charge in [0.15, 0.2) is 0 Å². The average molecular weight is 664 g/mol. The lowest BCUT2D eigenvalue weighted by atomic mass is 9.97. The Bertz CT molecular complexity index is 2870. The monoisotopic (exact) mass is 663 g/mol. The zero-order chi connectivity index (χ0) is 34.4. The summed E-state index contributed by atoms with van der Waals surface area (Å²) in [6, 6.07) is 71.6. The molecule has 0 aliphatic heterocycles. The van der Waals surface area contributed by atoms with Crippen LogP contribution >= 0.6 is 0 Å². The van der Waals surface area contributed by atoms with E-state index in [0.717, 1.165) is 50.0 Å². The molecular weight excluding hydrogens is 631 g/mol. The van der Waals surface area contributed by atoms with Crippen molar-refractivity contribution in [2.24, 2.45) is 0 Å². The van der Waals surface area contributed by atoms with Crippen LogP contribution in [0.1, 0.15) is 0 Å². The maximum Gasteiger partial charge on any atom is 0.143 e. The van der Waals surface area contributed by atoms with E-state index in [2.05, 4.69) is 205 Å². The van der Waals surface area contributed by atoms with Gasteiger partial charge in [-0.3, -0.25) is 0 Å². The second-order valence-electron chi connectivity index (χ2n) is 13.3. The van der Waals surface area contributed by atoms with Crippen LogP contribution in [-0.4, -0.2) is 0 Å². The van der Waals surface area contributed by atoms with E-state index in [9.17, 15) is 0 Å². The summed E-state index contributed by atoms with van der Waals surface area (Å²) in [5.74, 6) is 0. The van der Waals surface area contributed by atoms with Crippen molar-refractivity contribution in [3.63, 3.8) is 0 Å². The molecule has 9 aromatic carbocycles. The molecule has 2 nitrogen and oxygen atoms in total. The van der Waals surface area contributed by atoms with E-state index in [1.807, 2.05) is 0 Å². The first kappa shape index (κ1) is 30.0. The van der Waals surface area contributed by atoms with Crippen molar-refractivity contribution in [2.45, 2.75) is 0 Å². The zero-order valence-electron chi connectivity index (χ0n) is 28.4. The Hall–Kier alpha value is -6.90. The Labute approximate surface area is 302 Å². The number of para-hydroxylation sites is 1. The van der Waals surface area contributed by atoms with Crippen LogP contribution < -0.4 is 4.90 Å². The van der Waals surface area contributed by atoms with Gasteiger partial charge in [-0.15, -0.1) is 0 Å². The van der Waals surface area contributed by atoms with E-state index in [0.29, 0.717) is 0 Å². The second kappa shape index (κ2) is 12.5. The fraction of sp³-hybridized carbons (Fsp3) is 0. The van der Waals surface area contributed by atoms with Crippen LogP contribution in [0.4, 0.5) is 17.1 Å². The van der Waals surface area contributed by atoms with Crippen molar-refractivity contribution in [3.05, 3.63) is 200 Å². The lowest BCUT2D eigenvalue weighted by Gasteiger charge is -2.26. The van der Waals surface area contributed by atoms with Crippen LogP contribution in [-0.2, 0) is 0 Å². The highest BCUT2D eigenvalue weighted by molar-refractivity contribution is 6.19. The summed E-state index contributed by atoms with van der Waals surface area (Å²) in [6.07, 6.45) is 0. The molecule has 0 unspecified atom stereocenters. The van der Waals surface area contributed by atoms with Crippen molar-refractivity contribution >= 4 is 60.5 Å². The van der Waals surface area contributed by atoms with Gasteiger partial charge in [0.05, 0.1) is 0 Å². The molecule has 0 N–H and O–H groups in total. The number of hydrogen-bond acceptors (Lipinski definition) is 2. The molecule has 0 bridgehead atoms. The van der Waals surface area contributed by atoms with Crippen LogP contribution in [0.5, 0.6) is 0 Å². The number of benzene rings is 9. The molecule has 0 atom stereocenters. The Kier molecular flexibility index (Phi) is 7.18. The fourth-order valence-corrected chi connectivity index (χ4v) is 7.64. The molecule has 0 spiro atoms. The third kappa shape index (κ3) is 5.21. The lowest BCUT2D eigenvalue weighted by molar-refractivity contribution is 0.673. The lowest BCUT2D eigenvalue weighted by Crippen LogP contribution is -2.09. The molecule has 0 amide bonds. The minimum absolute atomic E-state index is 0.905. The van der Waals surface area contributed by atoms with Crippen LogP contribution in [0.25, 0.3) is 76.9 Å². The minimum atomic E-state index is 0.905. The predicted molar refractivity (Wildman–Crippen MR) is 220 cm³/mol. The average Bonchev–Trinajstić information content (AvgIpc) is 3.62. The first-order valence-corrected chi connectivity index (χ1v) is 17.8. The topological polar surface area (TPSA) is 16.4 Å². The van der Waals surface area contributed by atoms with Crippen LogP contribution in [0.15, 0.2) is 205 Å². The molecule has 0 fully saturated rings. The molecule has 10 rings (SSSR count). The number of hydrogen-bond donors (Lipinski definition) is 0. The van der Waals surface area contributed by atoms with E-state index >= 15 is 0 Å². The summed E-state index contributed by atoms with van der Waals surface area (Å²) in [6.45, 7) is 0. The third-order valence-electron chi connectivity index (χ3n) is 10.3. The third-order valence-corrected chi connectivity index (χ3v) is 10.3. The van der Waals surface area contributed by atoms with Gasteiger partial charge in [-0.2, -0.15) is 0 Å². The molecule has 244 valence electrons. The van der Waals surface area contributed by atoms with Gasteiger partial charge in [0, 0.05) is 33.2 Å². The highest BCUT2D eigenvalue weighted by atomic mass is 16.3. The summed E-state index contributed by atoms with van der Waals surface area (Å²) < 4.78 is 6.48. The van der Waals surface area contributed by atoms with E-state index in [-0.39, 0.29) is 0 Å². The number of anilines is 3. The van der Waals surface area contributed by atoms with Crippen LogP contribution in [0.2, 0.25) is 0 Å². The van der Waals surface area contributed by atoms with E-state index in [1.54, 1.807) is 0 Å². The van der Waals surface area contributed by atoms with Crippen molar-refractivity contribution < 1.29 is 4.42 Å². The molecule has 0 saturated carbocycles. The Balaban J connectivity index is 0.975. The summed E-state index contributed by atoms with van der Waals surface area (Å²) in [7, 11) is 0.